The minimum atomic E-state index is -0.245. The zero-order valence-corrected chi connectivity index (χ0v) is 22.6. The van der Waals surface area contributed by atoms with Gasteiger partial charge >= 0.3 is 0 Å². The molecule has 1 aliphatic rings. The second-order valence-electron chi connectivity index (χ2n) is 10.1. The van der Waals surface area contributed by atoms with Gasteiger partial charge in [-0.05, 0) is 69.6 Å². The molecule has 0 saturated heterocycles. The number of amides is 1. The van der Waals surface area contributed by atoms with Crippen molar-refractivity contribution in [2.75, 3.05) is 27.4 Å². The van der Waals surface area contributed by atoms with E-state index in [4.69, 9.17) is 14.2 Å². The molecule has 0 bridgehead atoms. The largest absolute Gasteiger partial charge is 0.493 e. The molecule has 5 rings (SSSR count). The van der Waals surface area contributed by atoms with Gasteiger partial charge in [-0.25, -0.2) is 0 Å². The van der Waals surface area contributed by atoms with Crippen LogP contribution in [0.1, 0.15) is 48.1 Å². The Labute approximate surface area is 224 Å². The van der Waals surface area contributed by atoms with Crippen LogP contribution in [-0.2, 0) is 17.6 Å². The summed E-state index contributed by atoms with van der Waals surface area (Å²) in [5, 5.41) is 2.26. The van der Waals surface area contributed by atoms with E-state index in [-0.39, 0.29) is 11.9 Å². The van der Waals surface area contributed by atoms with Crippen LogP contribution in [0, 0.1) is 0 Å². The van der Waals surface area contributed by atoms with Crippen LogP contribution in [0.25, 0.3) is 10.8 Å². The van der Waals surface area contributed by atoms with E-state index in [1.165, 1.54) is 5.56 Å². The van der Waals surface area contributed by atoms with Crippen LogP contribution in [-0.4, -0.2) is 38.2 Å². The van der Waals surface area contributed by atoms with Gasteiger partial charge in [-0.2, -0.15) is 0 Å². The van der Waals surface area contributed by atoms with Crippen molar-refractivity contribution < 1.29 is 19.0 Å². The Morgan fingerprint density at radius 1 is 0.921 bits per heavy atom. The number of benzene rings is 4. The summed E-state index contributed by atoms with van der Waals surface area (Å²) in [6, 6.07) is 26.4. The summed E-state index contributed by atoms with van der Waals surface area (Å²) in [7, 11) is 3.28. The Kier molecular flexibility index (Phi) is 7.54. The van der Waals surface area contributed by atoms with Crippen LogP contribution >= 0.6 is 0 Å². The van der Waals surface area contributed by atoms with Crippen LogP contribution in [0.4, 0.5) is 0 Å². The molecule has 1 heterocycles. The highest BCUT2D eigenvalue weighted by Crippen LogP contribution is 2.39. The summed E-state index contributed by atoms with van der Waals surface area (Å²) in [5.41, 5.74) is 4.50. The molecular formula is C33H35NO4. The van der Waals surface area contributed by atoms with Gasteiger partial charge in [-0.3, -0.25) is 4.79 Å². The van der Waals surface area contributed by atoms with Gasteiger partial charge in [0.05, 0.1) is 26.7 Å². The Morgan fingerprint density at radius 2 is 1.63 bits per heavy atom. The molecule has 1 unspecified atom stereocenters. The number of fused-ring (bicyclic) bond motifs is 2. The van der Waals surface area contributed by atoms with Gasteiger partial charge in [0.1, 0.15) is 12.4 Å². The number of carbonyl (C=O) groups excluding carboxylic acids is 1. The zero-order valence-electron chi connectivity index (χ0n) is 22.6. The van der Waals surface area contributed by atoms with Crippen molar-refractivity contribution in [3.63, 3.8) is 0 Å². The van der Waals surface area contributed by atoms with Crippen molar-refractivity contribution in [2.45, 2.75) is 38.6 Å². The highest BCUT2D eigenvalue weighted by Gasteiger charge is 2.33. The van der Waals surface area contributed by atoms with E-state index in [2.05, 4.69) is 44.2 Å². The fourth-order valence-corrected chi connectivity index (χ4v) is 5.34. The van der Waals surface area contributed by atoms with E-state index < -0.39 is 0 Å². The monoisotopic (exact) mass is 509 g/mol. The molecule has 0 aliphatic carbocycles. The van der Waals surface area contributed by atoms with Crippen LogP contribution in [0.15, 0.2) is 78.9 Å². The molecule has 0 radical (unpaired) electrons. The maximum atomic E-state index is 13.9. The smallest absolute Gasteiger partial charge is 0.227 e. The lowest BCUT2D eigenvalue weighted by Gasteiger charge is -2.38. The molecule has 0 fully saturated rings. The second-order valence-corrected chi connectivity index (χ2v) is 10.1. The van der Waals surface area contributed by atoms with Gasteiger partial charge in [0.2, 0.25) is 5.91 Å². The Hall–Kier alpha value is -3.99. The van der Waals surface area contributed by atoms with Crippen molar-refractivity contribution in [2.24, 2.45) is 0 Å². The summed E-state index contributed by atoms with van der Waals surface area (Å²) in [6.45, 7) is 5.32. The van der Waals surface area contributed by atoms with E-state index in [0.717, 1.165) is 39.6 Å². The highest BCUT2D eigenvalue weighted by molar-refractivity contribution is 5.90. The molecule has 196 valence electrons. The molecule has 1 atom stereocenters. The van der Waals surface area contributed by atoms with Crippen molar-refractivity contribution in [3.05, 3.63) is 101 Å². The lowest BCUT2D eigenvalue weighted by Crippen LogP contribution is -2.43. The van der Waals surface area contributed by atoms with Crippen molar-refractivity contribution in [1.82, 2.24) is 4.90 Å². The van der Waals surface area contributed by atoms with E-state index >= 15 is 0 Å². The Morgan fingerprint density at radius 3 is 2.37 bits per heavy atom. The van der Waals surface area contributed by atoms with Crippen molar-refractivity contribution in [1.29, 1.82) is 0 Å². The molecule has 0 spiro atoms. The maximum Gasteiger partial charge on any atom is 0.227 e. The van der Waals surface area contributed by atoms with Crippen LogP contribution < -0.4 is 14.2 Å². The van der Waals surface area contributed by atoms with E-state index in [1.54, 1.807) is 14.2 Å². The Bertz CT molecular complexity index is 1420. The summed E-state index contributed by atoms with van der Waals surface area (Å²) >= 11 is 0. The van der Waals surface area contributed by atoms with Gasteiger partial charge in [0.25, 0.3) is 0 Å². The fourth-order valence-electron chi connectivity index (χ4n) is 5.34. The first-order valence-electron chi connectivity index (χ1n) is 13.2. The minimum Gasteiger partial charge on any atom is -0.493 e. The number of hydrogen-bond donors (Lipinski definition) is 0. The molecule has 5 nitrogen and oxygen atoms in total. The van der Waals surface area contributed by atoms with E-state index in [1.807, 2.05) is 53.4 Å². The standard InChI is InChI=1S/C33H35NO4/c1-22(2)23-12-14-27(15-13-23)38-21-30-29-20-32(37-4)31(36-3)18-26(29)16-17-34(30)33(35)19-25-10-7-9-24-8-5-6-11-28(24)25/h5-15,18,20,22,30H,16-17,19,21H2,1-4H3. The number of hydrogen-bond acceptors (Lipinski definition) is 4. The molecule has 0 saturated carbocycles. The fraction of sp³-hybridized carbons (Fsp3) is 0.303. The third-order valence-corrected chi connectivity index (χ3v) is 7.50. The zero-order chi connectivity index (χ0) is 26.6. The summed E-state index contributed by atoms with van der Waals surface area (Å²) in [6.07, 6.45) is 1.08. The Balaban J connectivity index is 1.46. The van der Waals surface area contributed by atoms with Crippen LogP contribution in [0.2, 0.25) is 0 Å². The lowest BCUT2D eigenvalue weighted by molar-refractivity contribution is -0.134. The summed E-state index contributed by atoms with van der Waals surface area (Å²) < 4.78 is 17.5. The number of ether oxygens (including phenoxy) is 3. The second kappa shape index (κ2) is 11.2. The third-order valence-electron chi connectivity index (χ3n) is 7.50. The maximum absolute atomic E-state index is 13.9. The number of carbonyl (C=O) groups is 1. The quantitative estimate of drug-likeness (QED) is 0.264. The molecule has 1 aliphatic heterocycles. The third kappa shape index (κ3) is 5.19. The SMILES string of the molecule is COc1cc2c(cc1OC)C(COc1ccc(C(C)C)cc1)N(C(=O)Cc1cccc3ccccc13)CC2. The molecule has 1 amide bonds. The molecule has 0 aromatic heterocycles. The lowest BCUT2D eigenvalue weighted by atomic mass is 9.91. The van der Waals surface area contributed by atoms with Crippen molar-refractivity contribution >= 4 is 16.7 Å². The molecule has 0 N–H and O–H groups in total. The number of methoxy groups -OCH3 is 2. The molecule has 4 aromatic carbocycles. The number of rotatable bonds is 8. The molecule has 5 heteroatoms. The minimum absolute atomic E-state index is 0.0885. The van der Waals surface area contributed by atoms with Crippen LogP contribution in [0.5, 0.6) is 17.2 Å². The van der Waals surface area contributed by atoms with E-state index in [9.17, 15) is 4.79 Å². The predicted octanol–water partition coefficient (Wildman–Crippen LogP) is 6.73. The van der Waals surface area contributed by atoms with Crippen molar-refractivity contribution in [3.8, 4) is 17.2 Å². The average Bonchev–Trinajstić information content (AvgIpc) is 2.95. The average molecular weight is 510 g/mol. The van der Waals surface area contributed by atoms with Crippen LogP contribution in [0.3, 0.4) is 0 Å². The number of nitrogens with zero attached hydrogens (tertiary/aromatic N) is 1. The first kappa shape index (κ1) is 25.7. The van der Waals surface area contributed by atoms with Gasteiger partial charge < -0.3 is 19.1 Å². The van der Waals surface area contributed by atoms with Gasteiger partial charge in [-0.15, -0.1) is 0 Å². The topological polar surface area (TPSA) is 48.0 Å². The normalized spacial score (nSPS) is 14.9. The molecule has 38 heavy (non-hydrogen) atoms. The van der Waals surface area contributed by atoms with Gasteiger partial charge in [-0.1, -0.05) is 68.4 Å². The highest BCUT2D eigenvalue weighted by atomic mass is 16.5. The summed E-state index contributed by atoms with van der Waals surface area (Å²) in [4.78, 5) is 15.8. The first-order chi connectivity index (χ1) is 18.5. The van der Waals surface area contributed by atoms with Gasteiger partial charge in [0.15, 0.2) is 11.5 Å². The molecular weight excluding hydrogens is 474 g/mol. The first-order valence-corrected chi connectivity index (χ1v) is 13.2. The van der Waals surface area contributed by atoms with Gasteiger partial charge in [0, 0.05) is 6.54 Å². The van der Waals surface area contributed by atoms with E-state index in [0.29, 0.717) is 37.0 Å². The summed E-state index contributed by atoms with van der Waals surface area (Å²) in [5.74, 6) is 2.69. The predicted molar refractivity (Wildman–Crippen MR) is 151 cm³/mol. The molecule has 4 aromatic rings.